The van der Waals surface area contributed by atoms with Crippen LogP contribution in [-0.4, -0.2) is 144 Å². The lowest BCUT2D eigenvalue weighted by Gasteiger charge is -2.39. The van der Waals surface area contributed by atoms with Crippen LogP contribution in [0.4, 0.5) is 29.6 Å². The number of nitrogens with two attached hydrogens (primary N) is 4. The van der Waals surface area contributed by atoms with E-state index < -0.39 is 126 Å². The number of amides is 1. The van der Waals surface area contributed by atoms with Crippen LogP contribution in [-0.2, 0) is 58.0 Å². The van der Waals surface area contributed by atoms with Gasteiger partial charge in [-0.1, -0.05) is 168 Å². The molecule has 1 aliphatic carbocycles. The van der Waals surface area contributed by atoms with Gasteiger partial charge in [0.25, 0.3) is 0 Å². The number of carbonyl (C=O) groups is 6. The highest BCUT2D eigenvalue weighted by Crippen LogP contribution is 2.48. The molecule has 0 bridgehead atoms. The van der Waals surface area contributed by atoms with E-state index in [1.54, 1.807) is 47.0 Å². The zero-order valence-corrected chi connectivity index (χ0v) is 57.4. The van der Waals surface area contributed by atoms with Gasteiger partial charge in [0.2, 0.25) is 6.29 Å². The van der Waals surface area contributed by atoms with E-state index in [1.807, 2.05) is 146 Å². The van der Waals surface area contributed by atoms with Crippen LogP contribution in [0.15, 0.2) is 116 Å². The van der Waals surface area contributed by atoms with E-state index in [0.29, 0.717) is 34.1 Å². The highest BCUT2D eigenvalue weighted by molar-refractivity contribution is 5.89. The molecule has 0 spiro atoms. The van der Waals surface area contributed by atoms with Crippen LogP contribution in [0.1, 0.15) is 144 Å². The second kappa shape index (κ2) is 33.7. The molecule has 24 nitrogen and oxygen atoms in total. The van der Waals surface area contributed by atoms with Crippen LogP contribution >= 0.6 is 0 Å². The Bertz CT molecular complexity index is 3720. The number of likely N-dealkylation sites (tertiary alicyclic amines) is 1. The summed E-state index contributed by atoms with van der Waals surface area (Å²) in [6.07, 6.45) is -4.22. The van der Waals surface area contributed by atoms with Crippen molar-refractivity contribution in [1.29, 1.82) is 0 Å². The summed E-state index contributed by atoms with van der Waals surface area (Å²) in [5.41, 5.74) is 27.8. The molecule has 2 aliphatic rings. The molecule has 1 aliphatic heterocycles. The first kappa shape index (κ1) is 78.9. The van der Waals surface area contributed by atoms with E-state index in [-0.39, 0.29) is 55.9 Å². The number of hydrogen-bond donors (Lipinski definition) is 7. The Kier molecular flexibility index (Phi) is 26.8. The minimum Gasteiger partial charge on any atom is -0.457 e. The van der Waals surface area contributed by atoms with Crippen LogP contribution in [0.3, 0.4) is 0 Å². The molecule has 0 unspecified atom stereocenters. The Labute approximate surface area is 575 Å². The number of nitrogen functional groups attached to an aromatic ring is 2. The standard InChI is InChI=1S/C47H57N5O7.C22H34N6O5.C2HF3O.CH4/c1-28(2)30(5)43(53)57-40-36(26-56-47(32-19-13-10-14-20-32,33-21-15-11-16-22-33)34-23-17-12-18-24-34)52(45(55)59-46(7,8)9)39(41(40)58-44(54)31(6)29(3)4)35-25-49-38-37(35)50-27-51-42(38)48;1-9(2)14(23)21(30)32-18-11(7-29)5-12(19(18)33-22(31)15(24)10(3)4)13-6-26-17-16(13)27-8-28-20(17)25;3-2(4,5)1-6;/h10-25,27-31,36,39-41,49H,26H2,1-9H3,(H2,48,50,51);6,8-12,14-15,18-19,26,29H,5,7,23-24H2,1-4H3,(H2,25,27,28);1H;1H4/t30-,31-,36+,39-,40+,41-;11-,12+,14+,15+,18-,19+;;/m01../s1. The van der Waals surface area contributed by atoms with E-state index >= 15 is 0 Å². The molecule has 9 rings (SSSR count). The average molecular weight is 1380 g/mol. The van der Waals surface area contributed by atoms with E-state index in [4.69, 9.17) is 56.2 Å². The van der Waals surface area contributed by atoms with Crippen LogP contribution in [0.25, 0.3) is 22.1 Å². The van der Waals surface area contributed by atoms with Gasteiger partial charge in [0.05, 0.1) is 29.5 Å². The van der Waals surface area contributed by atoms with Crippen LogP contribution in [0, 0.1) is 41.4 Å². The maximum absolute atomic E-state index is 15.0. The van der Waals surface area contributed by atoms with Gasteiger partial charge in [-0.2, -0.15) is 13.2 Å². The number of halogens is 3. The fourth-order valence-electron chi connectivity index (χ4n) is 11.6. The number of H-pyrrole nitrogens is 2. The fraction of sp³-hybridized carbons (Fsp3) is 0.500. The lowest BCUT2D eigenvalue weighted by atomic mass is 9.80. The van der Waals surface area contributed by atoms with Crippen molar-refractivity contribution >= 4 is 70.0 Å². The van der Waals surface area contributed by atoms with Crippen molar-refractivity contribution in [3.8, 4) is 0 Å². The fourth-order valence-corrected chi connectivity index (χ4v) is 11.6. The Morgan fingerprint density at radius 3 is 1.38 bits per heavy atom. The molecule has 11 N–H and O–H groups in total. The van der Waals surface area contributed by atoms with Crippen molar-refractivity contribution in [3.05, 3.63) is 144 Å². The Morgan fingerprint density at radius 1 is 0.596 bits per heavy atom. The first-order valence-corrected chi connectivity index (χ1v) is 32.6. The molecule has 27 heteroatoms. The Morgan fingerprint density at radius 2 is 0.990 bits per heavy atom. The molecular formula is C72H96F3N11O13. The average Bonchev–Trinajstić information content (AvgIpc) is 1.66. The van der Waals surface area contributed by atoms with Gasteiger partial charge in [-0.25, -0.2) is 24.7 Å². The van der Waals surface area contributed by atoms with Gasteiger partial charge in [-0.3, -0.25) is 28.9 Å². The first-order valence-electron chi connectivity index (χ1n) is 32.6. The smallest absolute Gasteiger partial charge is 0.446 e. The van der Waals surface area contributed by atoms with Gasteiger partial charge in [0.15, 0.2) is 23.8 Å². The van der Waals surface area contributed by atoms with Gasteiger partial charge >= 0.3 is 36.1 Å². The van der Waals surface area contributed by atoms with Crippen molar-refractivity contribution in [3.63, 3.8) is 0 Å². The van der Waals surface area contributed by atoms with Crippen LogP contribution in [0.5, 0.6) is 0 Å². The molecule has 4 aromatic heterocycles. The molecule has 12 atom stereocenters. The molecule has 0 radical (unpaired) electrons. The van der Waals surface area contributed by atoms with Gasteiger partial charge in [0, 0.05) is 42.0 Å². The molecule has 2 fully saturated rings. The molecule has 3 aromatic carbocycles. The number of aromatic amines is 2. The topological polar surface area (TPSA) is 368 Å². The number of aromatic nitrogens is 6. The zero-order chi connectivity index (χ0) is 72.3. The number of aldehydes is 1. The molecule has 1 saturated carbocycles. The molecular weight excluding hydrogens is 1280 g/mol. The number of alkyl halides is 3. The molecule has 1 saturated heterocycles. The number of nitrogens with one attached hydrogen (secondary N) is 2. The number of fused-ring (bicyclic) bond motifs is 2. The summed E-state index contributed by atoms with van der Waals surface area (Å²) >= 11 is 0. The third kappa shape index (κ3) is 18.4. The number of rotatable bonds is 21. The molecule has 1 amide bonds. The maximum atomic E-state index is 15.0. The van der Waals surface area contributed by atoms with Crippen molar-refractivity contribution in [2.24, 2.45) is 52.9 Å². The normalized spacial score (nSPS) is 20.6. The monoisotopic (exact) mass is 1380 g/mol. The summed E-state index contributed by atoms with van der Waals surface area (Å²) in [5, 5.41) is 10.1. The summed E-state index contributed by atoms with van der Waals surface area (Å²) in [6, 6.07) is 25.7. The minimum absolute atomic E-state index is 0. The summed E-state index contributed by atoms with van der Waals surface area (Å²) in [7, 11) is 0. The van der Waals surface area contributed by atoms with Crippen molar-refractivity contribution in [2.75, 3.05) is 24.7 Å². The molecule has 7 aromatic rings. The number of carbonyl (C=O) groups excluding carboxylic acids is 6. The quantitative estimate of drug-likeness (QED) is 0.0152. The van der Waals surface area contributed by atoms with E-state index in [2.05, 4.69) is 29.9 Å². The number of aliphatic hydroxyl groups excluding tert-OH is 1. The number of esters is 4. The highest BCUT2D eigenvalue weighted by atomic mass is 19.4. The van der Waals surface area contributed by atoms with Crippen LogP contribution < -0.4 is 22.9 Å². The molecule has 5 heterocycles. The summed E-state index contributed by atoms with van der Waals surface area (Å²) in [5.74, 6) is -4.20. The first-order chi connectivity index (χ1) is 46.2. The van der Waals surface area contributed by atoms with E-state index in [0.717, 1.165) is 22.3 Å². The second-order valence-corrected chi connectivity index (χ2v) is 27.1. The second-order valence-electron chi connectivity index (χ2n) is 27.1. The third-order valence-corrected chi connectivity index (χ3v) is 17.9. The third-order valence-electron chi connectivity index (χ3n) is 17.9. The van der Waals surface area contributed by atoms with Crippen molar-refractivity contribution in [1.82, 2.24) is 34.8 Å². The van der Waals surface area contributed by atoms with Gasteiger partial charge < -0.3 is 66.4 Å². The molecule has 538 valence electrons. The number of ether oxygens (including phenoxy) is 6. The summed E-state index contributed by atoms with van der Waals surface area (Å²) in [4.78, 5) is 102. The number of aliphatic hydroxyl groups is 1. The largest absolute Gasteiger partial charge is 0.457 e. The zero-order valence-electron chi connectivity index (χ0n) is 57.4. The highest BCUT2D eigenvalue weighted by Gasteiger charge is 2.59. The predicted molar refractivity (Wildman–Crippen MR) is 366 cm³/mol. The lowest BCUT2D eigenvalue weighted by Crippen LogP contribution is -2.49. The van der Waals surface area contributed by atoms with Crippen molar-refractivity contribution < 1.29 is 75.5 Å². The summed E-state index contributed by atoms with van der Waals surface area (Å²) < 4.78 is 69.5. The number of benzene rings is 3. The summed E-state index contributed by atoms with van der Waals surface area (Å²) in [6.45, 7) is 23.4. The number of nitrogens with zero attached hydrogens (tertiary/aromatic N) is 5. The SMILES string of the molecule is C.CC(C)[C@H](C)C(=O)O[C@@H]1[C@H](OC(=O)[C@@H](C)C(C)C)[C@@H](COC(c2ccccc2)(c2ccccc2)c2ccccc2)N(C(=O)OC(C)(C)C)[C@H]1c1c[nH]c2c(N)ncnc12.CC(C)[C@H](N)C(=O)O[C@@H]1[C@@H](CO)C[C@@H](c2c[nH]c3c(N)ncnc23)[C@@H]1OC(=O)[C@@H](N)C(C)C.O=CC(F)(F)F. The van der Waals surface area contributed by atoms with Gasteiger partial charge in [-0.05, 0) is 67.6 Å². The van der Waals surface area contributed by atoms with Gasteiger partial charge in [-0.15, -0.1) is 0 Å². The van der Waals surface area contributed by atoms with E-state index in [1.165, 1.54) is 17.6 Å². The Hall–Kier alpha value is -9.05. The number of anilines is 2. The number of hydrogen-bond acceptors (Lipinski definition) is 21. The lowest BCUT2D eigenvalue weighted by molar-refractivity contribution is -0.174. The maximum Gasteiger partial charge on any atom is 0.446 e. The van der Waals surface area contributed by atoms with E-state index in [9.17, 15) is 42.3 Å². The van der Waals surface area contributed by atoms with Gasteiger partial charge in [0.1, 0.15) is 71.3 Å². The van der Waals surface area contributed by atoms with Crippen LogP contribution in [0.2, 0.25) is 0 Å². The Balaban J connectivity index is 0.000000324. The van der Waals surface area contributed by atoms with Crippen molar-refractivity contribution in [2.45, 2.75) is 176 Å². The molecule has 99 heavy (non-hydrogen) atoms. The predicted octanol–water partition coefficient (Wildman–Crippen LogP) is 10.4. The minimum atomic E-state index is -4.64.